The topological polar surface area (TPSA) is 88.6 Å². The van der Waals surface area contributed by atoms with Gasteiger partial charge in [-0.25, -0.2) is 0 Å². The normalized spacial score (nSPS) is 15.3. The van der Waals surface area contributed by atoms with Crippen LogP contribution < -0.4 is 10.2 Å². The first-order valence-corrected chi connectivity index (χ1v) is 9.71. The van der Waals surface area contributed by atoms with Crippen molar-refractivity contribution >= 4 is 23.0 Å². The summed E-state index contributed by atoms with van der Waals surface area (Å²) in [6.45, 7) is 0. The first kappa shape index (κ1) is 18.6. The highest BCUT2D eigenvalue weighted by atomic mass is 16.6. The summed E-state index contributed by atoms with van der Waals surface area (Å²) < 4.78 is 6.05. The van der Waals surface area contributed by atoms with Gasteiger partial charge in [0.2, 0.25) is 0 Å². The van der Waals surface area contributed by atoms with Gasteiger partial charge in [-0.05, 0) is 42.5 Å². The molecule has 1 amide bonds. The van der Waals surface area contributed by atoms with Gasteiger partial charge in [0.05, 0.1) is 16.1 Å². The van der Waals surface area contributed by atoms with Gasteiger partial charge in [0, 0.05) is 17.4 Å². The van der Waals surface area contributed by atoms with Crippen LogP contribution >= 0.6 is 0 Å². The number of carbonyl (C=O) groups is 1. The number of rotatable bonds is 4. The molecule has 7 heteroatoms. The molecule has 0 fully saturated rings. The van der Waals surface area contributed by atoms with E-state index in [-0.39, 0.29) is 11.6 Å². The summed E-state index contributed by atoms with van der Waals surface area (Å²) in [6.07, 6.45) is -0.610. The molecule has 1 aliphatic rings. The van der Waals surface area contributed by atoms with Crippen LogP contribution in [0.4, 0.5) is 17.1 Å². The number of amides is 1. The second-order valence-corrected chi connectivity index (χ2v) is 7.08. The molecule has 0 bridgehead atoms. The number of nitro groups is 1. The van der Waals surface area contributed by atoms with Gasteiger partial charge in [-0.15, -0.1) is 0 Å². The van der Waals surface area contributed by atoms with Gasteiger partial charge in [-0.2, -0.15) is 0 Å². The number of nitrogens with one attached hydrogen (secondary N) is 1. The first-order valence-electron chi connectivity index (χ1n) is 9.71. The summed E-state index contributed by atoms with van der Waals surface area (Å²) in [6, 6.07) is 26.4. The zero-order valence-corrected chi connectivity index (χ0v) is 16.3. The van der Waals surface area contributed by atoms with Crippen molar-refractivity contribution in [3.63, 3.8) is 0 Å². The van der Waals surface area contributed by atoms with Gasteiger partial charge < -0.3 is 9.73 Å². The highest BCUT2D eigenvalue weighted by molar-refractivity contribution is 6.12. The molecule has 3 aromatic carbocycles. The molecule has 0 aliphatic carbocycles. The number of anilines is 2. The van der Waals surface area contributed by atoms with Crippen LogP contribution in [-0.2, 0) is 0 Å². The standard InChI is InChI=1S/C24H17N3O4/c28-24-17-10-4-6-12-19(17)25-23(26(24)16-8-2-1-3-9-16)22-15-14-21(31-22)18-11-5-7-13-20(18)27(29)30/h1-15,23,25H/t23-/m1/s1. The van der Waals surface area contributed by atoms with E-state index >= 15 is 0 Å². The lowest BCUT2D eigenvalue weighted by molar-refractivity contribution is -0.384. The van der Waals surface area contributed by atoms with Crippen LogP contribution in [0, 0.1) is 10.1 Å². The molecule has 0 spiro atoms. The molecular formula is C24H17N3O4. The lowest BCUT2D eigenvalue weighted by Crippen LogP contribution is -2.43. The van der Waals surface area contributed by atoms with E-state index in [1.807, 2.05) is 48.5 Å². The summed E-state index contributed by atoms with van der Waals surface area (Å²) in [5, 5.41) is 14.8. The third kappa shape index (κ3) is 3.22. The molecule has 1 atom stereocenters. The van der Waals surface area contributed by atoms with Crippen molar-refractivity contribution in [3.05, 3.63) is 112 Å². The van der Waals surface area contributed by atoms with Gasteiger partial charge in [0.15, 0.2) is 6.17 Å². The van der Waals surface area contributed by atoms with Gasteiger partial charge in [-0.3, -0.25) is 19.8 Å². The Bertz CT molecular complexity index is 1280. The number of nitro benzene ring substituents is 1. The zero-order valence-electron chi connectivity index (χ0n) is 16.3. The van der Waals surface area contributed by atoms with Crippen LogP contribution in [-0.4, -0.2) is 10.8 Å². The van der Waals surface area contributed by atoms with E-state index in [1.165, 1.54) is 6.07 Å². The van der Waals surface area contributed by atoms with Gasteiger partial charge in [-0.1, -0.05) is 42.5 Å². The molecule has 0 saturated carbocycles. The number of para-hydroxylation sites is 3. The number of carbonyl (C=O) groups excluding carboxylic acids is 1. The Morgan fingerprint density at radius 1 is 0.839 bits per heavy atom. The first-order chi connectivity index (χ1) is 15.1. The highest BCUT2D eigenvalue weighted by Crippen LogP contribution is 2.39. The van der Waals surface area contributed by atoms with Crippen molar-refractivity contribution in [1.82, 2.24) is 0 Å². The summed E-state index contributed by atoms with van der Waals surface area (Å²) in [5.41, 5.74) is 2.32. The van der Waals surface area contributed by atoms with Gasteiger partial charge >= 0.3 is 0 Å². The maximum absolute atomic E-state index is 13.4. The molecule has 0 saturated heterocycles. The van der Waals surface area contributed by atoms with Crippen LogP contribution in [0.25, 0.3) is 11.3 Å². The fraction of sp³-hybridized carbons (Fsp3) is 0.0417. The maximum Gasteiger partial charge on any atom is 0.280 e. The average Bonchev–Trinajstić information content (AvgIpc) is 3.29. The van der Waals surface area contributed by atoms with Crippen molar-refractivity contribution in [3.8, 4) is 11.3 Å². The Hall–Kier alpha value is -4.39. The third-order valence-corrected chi connectivity index (χ3v) is 5.22. The molecule has 1 N–H and O–H groups in total. The van der Waals surface area contributed by atoms with E-state index in [2.05, 4.69) is 5.32 Å². The lowest BCUT2D eigenvalue weighted by atomic mass is 10.1. The fourth-order valence-electron chi connectivity index (χ4n) is 3.79. The van der Waals surface area contributed by atoms with E-state index in [1.54, 1.807) is 41.3 Å². The molecule has 4 aromatic rings. The van der Waals surface area contributed by atoms with Crippen LogP contribution in [0.2, 0.25) is 0 Å². The Labute approximate surface area is 177 Å². The number of hydrogen-bond acceptors (Lipinski definition) is 5. The van der Waals surface area contributed by atoms with Crippen molar-refractivity contribution in [2.75, 3.05) is 10.2 Å². The highest BCUT2D eigenvalue weighted by Gasteiger charge is 2.36. The van der Waals surface area contributed by atoms with E-state index in [9.17, 15) is 14.9 Å². The largest absolute Gasteiger partial charge is 0.457 e. The van der Waals surface area contributed by atoms with Crippen molar-refractivity contribution < 1.29 is 14.1 Å². The minimum atomic E-state index is -0.610. The van der Waals surface area contributed by atoms with Gasteiger partial charge in [0.25, 0.3) is 11.6 Å². The number of furan rings is 1. The van der Waals surface area contributed by atoms with E-state index < -0.39 is 11.1 Å². The van der Waals surface area contributed by atoms with Gasteiger partial charge in [0.1, 0.15) is 11.5 Å². The molecule has 5 rings (SSSR count). The number of fused-ring (bicyclic) bond motifs is 1. The SMILES string of the molecule is O=C1c2ccccc2N[C@@H](c2ccc(-c3ccccc3[N+](=O)[O-])o2)N1c1ccccc1. The molecule has 152 valence electrons. The molecule has 2 heterocycles. The minimum absolute atomic E-state index is 0.0404. The third-order valence-electron chi connectivity index (χ3n) is 5.22. The predicted molar refractivity (Wildman–Crippen MR) is 117 cm³/mol. The van der Waals surface area contributed by atoms with Crippen LogP contribution in [0.1, 0.15) is 22.3 Å². The zero-order chi connectivity index (χ0) is 21.4. The Balaban J connectivity index is 1.61. The van der Waals surface area contributed by atoms with Crippen molar-refractivity contribution in [2.45, 2.75) is 6.17 Å². The number of nitrogens with zero attached hydrogens (tertiary/aromatic N) is 2. The molecule has 0 unspecified atom stereocenters. The van der Waals surface area contributed by atoms with Crippen LogP contribution in [0.3, 0.4) is 0 Å². The maximum atomic E-state index is 13.4. The number of benzene rings is 3. The van der Waals surface area contributed by atoms with E-state index in [0.717, 1.165) is 0 Å². The van der Waals surface area contributed by atoms with E-state index in [0.29, 0.717) is 34.0 Å². The quantitative estimate of drug-likeness (QED) is 0.347. The molecule has 1 aliphatic heterocycles. The van der Waals surface area contributed by atoms with Crippen molar-refractivity contribution in [2.24, 2.45) is 0 Å². The molecule has 7 nitrogen and oxygen atoms in total. The predicted octanol–water partition coefficient (Wildman–Crippen LogP) is 5.63. The Morgan fingerprint density at radius 3 is 2.29 bits per heavy atom. The summed E-state index contributed by atoms with van der Waals surface area (Å²) in [7, 11) is 0. The van der Waals surface area contributed by atoms with Crippen molar-refractivity contribution in [1.29, 1.82) is 0 Å². The molecule has 1 aromatic heterocycles. The van der Waals surface area contributed by atoms with E-state index in [4.69, 9.17) is 4.42 Å². The Kier molecular flexibility index (Phi) is 4.48. The lowest BCUT2D eigenvalue weighted by Gasteiger charge is -2.36. The van der Waals surface area contributed by atoms with Crippen LogP contribution in [0.15, 0.2) is 95.4 Å². The Morgan fingerprint density at radius 2 is 1.52 bits per heavy atom. The summed E-state index contributed by atoms with van der Waals surface area (Å²) in [4.78, 5) is 26.0. The average molecular weight is 411 g/mol. The smallest absolute Gasteiger partial charge is 0.280 e. The molecule has 0 radical (unpaired) electrons. The molecular weight excluding hydrogens is 394 g/mol. The fourth-order valence-corrected chi connectivity index (χ4v) is 3.79. The minimum Gasteiger partial charge on any atom is -0.457 e. The second-order valence-electron chi connectivity index (χ2n) is 7.08. The summed E-state index contributed by atoms with van der Waals surface area (Å²) >= 11 is 0. The number of hydrogen-bond donors (Lipinski definition) is 1. The monoisotopic (exact) mass is 411 g/mol. The summed E-state index contributed by atoms with van der Waals surface area (Å²) in [5.74, 6) is 0.678. The molecule has 31 heavy (non-hydrogen) atoms. The second kappa shape index (κ2) is 7.46. The van der Waals surface area contributed by atoms with Crippen LogP contribution in [0.5, 0.6) is 0 Å².